The van der Waals surface area contributed by atoms with Crippen molar-refractivity contribution in [2.24, 2.45) is 36.0 Å². The Labute approximate surface area is 199 Å². The van der Waals surface area contributed by atoms with Crippen LogP contribution < -0.4 is 20.7 Å². The zero-order chi connectivity index (χ0) is 23.8. The summed E-state index contributed by atoms with van der Waals surface area (Å²) >= 11 is 0. The zero-order valence-corrected chi connectivity index (χ0v) is 20.1. The van der Waals surface area contributed by atoms with Gasteiger partial charge in [-0.25, -0.2) is 0 Å². The molecule has 0 radical (unpaired) electrons. The van der Waals surface area contributed by atoms with Crippen LogP contribution in [0.4, 0.5) is 11.5 Å². The number of rotatable bonds is 5. The molecule has 180 valence electrons. The Morgan fingerprint density at radius 3 is 2.62 bits per heavy atom. The molecule has 8 heteroatoms. The third-order valence-corrected chi connectivity index (χ3v) is 8.99. The molecule has 1 aromatic heterocycles. The number of methoxy groups -OCH3 is 1. The summed E-state index contributed by atoms with van der Waals surface area (Å²) in [5.41, 5.74) is 9.23. The van der Waals surface area contributed by atoms with E-state index in [2.05, 4.69) is 27.4 Å². The van der Waals surface area contributed by atoms with Gasteiger partial charge in [0.15, 0.2) is 5.69 Å². The molecule has 5 aliphatic rings. The number of amides is 2. The van der Waals surface area contributed by atoms with Crippen LogP contribution in [-0.2, 0) is 18.3 Å². The summed E-state index contributed by atoms with van der Waals surface area (Å²) in [6.45, 7) is 2.82. The molecule has 1 aliphatic heterocycles. The van der Waals surface area contributed by atoms with Crippen LogP contribution in [0.25, 0.3) is 0 Å². The van der Waals surface area contributed by atoms with Crippen LogP contribution in [0.15, 0.2) is 18.2 Å². The fraction of sp³-hybridized carbons (Fsp3) is 0.577. The fourth-order valence-electron chi connectivity index (χ4n) is 7.72. The van der Waals surface area contributed by atoms with Gasteiger partial charge in [0.05, 0.1) is 7.11 Å². The Morgan fingerprint density at radius 2 is 1.94 bits per heavy atom. The molecule has 2 amide bonds. The highest BCUT2D eigenvalue weighted by Crippen LogP contribution is 2.60. The van der Waals surface area contributed by atoms with Crippen LogP contribution in [0, 0.1) is 30.1 Å². The first-order valence-electron chi connectivity index (χ1n) is 12.4. The van der Waals surface area contributed by atoms with Gasteiger partial charge in [-0.1, -0.05) is 0 Å². The average molecular weight is 464 g/mol. The monoisotopic (exact) mass is 463 g/mol. The molecule has 0 spiro atoms. The average Bonchev–Trinajstić information content (AvgIpc) is 3.34. The lowest BCUT2D eigenvalue weighted by molar-refractivity contribution is -0.145. The van der Waals surface area contributed by atoms with Gasteiger partial charge in [0.2, 0.25) is 5.91 Å². The Bertz CT molecular complexity index is 1170. The maximum atomic E-state index is 13.5. The van der Waals surface area contributed by atoms with E-state index in [1.54, 1.807) is 7.11 Å². The number of fused-ring (bicyclic) bond motifs is 1. The number of ether oxygens (including phenoxy) is 1. The molecule has 2 heterocycles. The highest BCUT2D eigenvalue weighted by Gasteiger charge is 2.58. The standard InChI is InChI=1S/C26H33N5O3/c1-14-21(29-30(2)24(14)31-7-6-16-10-19(34-3)4-5-20(16)31)23(32)28-22-17-8-15-9-18(22)13-26(11-15,12-17)25(27)33/h4-5,10,15,17-18,22H,6-9,11-13H2,1-3H3,(H2,27,33)(H,28,32). The Hall–Kier alpha value is -3.03. The molecule has 7 rings (SSSR count). The summed E-state index contributed by atoms with van der Waals surface area (Å²) in [5, 5.41) is 7.99. The van der Waals surface area contributed by atoms with Crippen molar-refractivity contribution in [1.29, 1.82) is 0 Å². The second-order valence-electron chi connectivity index (χ2n) is 10.9. The van der Waals surface area contributed by atoms with Crippen molar-refractivity contribution in [3.63, 3.8) is 0 Å². The lowest BCUT2D eigenvalue weighted by Crippen LogP contribution is -2.62. The number of nitrogens with zero attached hydrogens (tertiary/aromatic N) is 3. The van der Waals surface area contributed by atoms with Gasteiger partial charge in [0, 0.05) is 36.3 Å². The Kier molecular flexibility index (Phi) is 4.73. The van der Waals surface area contributed by atoms with Crippen molar-refractivity contribution in [3.8, 4) is 5.75 Å². The number of benzene rings is 1. The molecule has 4 bridgehead atoms. The maximum absolute atomic E-state index is 13.5. The highest BCUT2D eigenvalue weighted by atomic mass is 16.5. The molecule has 4 fully saturated rings. The van der Waals surface area contributed by atoms with Gasteiger partial charge in [-0.3, -0.25) is 14.3 Å². The zero-order valence-electron chi connectivity index (χ0n) is 20.1. The maximum Gasteiger partial charge on any atom is 0.272 e. The van der Waals surface area contributed by atoms with Gasteiger partial charge in [0.1, 0.15) is 11.6 Å². The predicted molar refractivity (Wildman–Crippen MR) is 128 cm³/mol. The SMILES string of the molecule is COc1ccc2c(c1)CCN2c1c(C)c(C(=O)NC2C3CC4CC2CC(C(N)=O)(C4)C3)nn1C. The molecular weight excluding hydrogens is 430 g/mol. The van der Waals surface area contributed by atoms with E-state index in [4.69, 9.17) is 10.5 Å². The predicted octanol–water partition coefficient (Wildman–Crippen LogP) is 2.84. The second kappa shape index (κ2) is 7.48. The molecular formula is C26H33N5O3. The first-order valence-corrected chi connectivity index (χ1v) is 12.4. The normalized spacial score (nSPS) is 31.0. The summed E-state index contributed by atoms with van der Waals surface area (Å²) in [4.78, 5) is 28.0. The van der Waals surface area contributed by atoms with E-state index >= 15 is 0 Å². The molecule has 4 aliphatic carbocycles. The van der Waals surface area contributed by atoms with E-state index < -0.39 is 0 Å². The molecule has 2 unspecified atom stereocenters. The lowest BCUT2D eigenvalue weighted by Gasteiger charge is -2.58. The summed E-state index contributed by atoms with van der Waals surface area (Å²) in [5.74, 6) is 2.76. The second-order valence-corrected chi connectivity index (χ2v) is 10.9. The molecule has 4 saturated carbocycles. The number of anilines is 2. The van der Waals surface area contributed by atoms with Crippen molar-refractivity contribution in [3.05, 3.63) is 35.0 Å². The molecule has 34 heavy (non-hydrogen) atoms. The Morgan fingerprint density at radius 1 is 1.21 bits per heavy atom. The first-order chi connectivity index (χ1) is 16.3. The number of nitrogens with two attached hydrogens (primary N) is 1. The molecule has 2 aromatic rings. The topological polar surface area (TPSA) is 102 Å². The van der Waals surface area contributed by atoms with E-state index in [0.717, 1.165) is 67.9 Å². The minimum Gasteiger partial charge on any atom is -0.497 e. The van der Waals surface area contributed by atoms with Crippen LogP contribution in [0.2, 0.25) is 0 Å². The Balaban J connectivity index is 1.24. The van der Waals surface area contributed by atoms with Gasteiger partial charge >= 0.3 is 0 Å². The minimum atomic E-state index is -0.350. The number of nitrogens with one attached hydrogen (secondary N) is 1. The fourth-order valence-corrected chi connectivity index (χ4v) is 7.72. The van der Waals surface area contributed by atoms with Gasteiger partial charge in [-0.05, 0) is 87.0 Å². The number of hydrogen-bond acceptors (Lipinski definition) is 5. The molecule has 1 aromatic carbocycles. The van der Waals surface area contributed by atoms with Crippen molar-refractivity contribution in [1.82, 2.24) is 15.1 Å². The van der Waals surface area contributed by atoms with Crippen LogP contribution in [-0.4, -0.2) is 41.3 Å². The molecule has 0 saturated heterocycles. The van der Waals surface area contributed by atoms with E-state index in [1.807, 2.05) is 24.7 Å². The summed E-state index contributed by atoms with van der Waals surface area (Å²) in [6, 6.07) is 6.24. The van der Waals surface area contributed by atoms with Crippen molar-refractivity contribution >= 4 is 23.3 Å². The van der Waals surface area contributed by atoms with E-state index in [1.165, 1.54) is 5.56 Å². The van der Waals surface area contributed by atoms with E-state index in [9.17, 15) is 9.59 Å². The number of carbonyl (C=O) groups is 2. The lowest BCUT2D eigenvalue weighted by atomic mass is 9.47. The van der Waals surface area contributed by atoms with Crippen LogP contribution in [0.1, 0.15) is 53.7 Å². The molecule has 3 N–H and O–H groups in total. The molecule has 2 atom stereocenters. The number of primary amides is 1. The summed E-state index contributed by atoms with van der Waals surface area (Å²) in [6.07, 6.45) is 5.63. The third kappa shape index (κ3) is 3.07. The minimum absolute atomic E-state index is 0.0985. The van der Waals surface area contributed by atoms with Crippen molar-refractivity contribution in [2.45, 2.75) is 51.5 Å². The smallest absolute Gasteiger partial charge is 0.272 e. The van der Waals surface area contributed by atoms with Gasteiger partial charge < -0.3 is 20.7 Å². The number of aromatic nitrogens is 2. The van der Waals surface area contributed by atoms with Crippen molar-refractivity contribution < 1.29 is 14.3 Å². The number of aryl methyl sites for hydroxylation is 1. The van der Waals surface area contributed by atoms with E-state index in [0.29, 0.717) is 23.4 Å². The van der Waals surface area contributed by atoms with E-state index in [-0.39, 0.29) is 23.3 Å². The molecule has 8 nitrogen and oxygen atoms in total. The third-order valence-electron chi connectivity index (χ3n) is 8.99. The van der Waals surface area contributed by atoms with Crippen LogP contribution in [0.3, 0.4) is 0 Å². The first kappa shape index (κ1) is 21.5. The van der Waals surface area contributed by atoms with Gasteiger partial charge in [-0.2, -0.15) is 5.10 Å². The quantitative estimate of drug-likeness (QED) is 0.710. The largest absolute Gasteiger partial charge is 0.497 e. The highest BCUT2D eigenvalue weighted by molar-refractivity contribution is 5.96. The van der Waals surface area contributed by atoms with Crippen LogP contribution in [0.5, 0.6) is 5.75 Å². The van der Waals surface area contributed by atoms with Crippen molar-refractivity contribution in [2.75, 3.05) is 18.6 Å². The van der Waals surface area contributed by atoms with Gasteiger partial charge in [0.25, 0.3) is 5.91 Å². The summed E-state index contributed by atoms with van der Waals surface area (Å²) in [7, 11) is 3.59. The van der Waals surface area contributed by atoms with Crippen LogP contribution >= 0.6 is 0 Å². The number of carbonyl (C=O) groups excluding carboxylic acids is 2. The van der Waals surface area contributed by atoms with Gasteiger partial charge in [-0.15, -0.1) is 0 Å². The number of hydrogen-bond donors (Lipinski definition) is 2. The summed E-state index contributed by atoms with van der Waals surface area (Å²) < 4.78 is 7.20.